The Labute approximate surface area is 154 Å². The highest BCUT2D eigenvalue weighted by molar-refractivity contribution is 14.0. The molecular formula is C17H36IN3O. The lowest BCUT2D eigenvalue weighted by atomic mass is 9.98. The number of hydrogen-bond acceptors (Lipinski definition) is 2. The van der Waals surface area contributed by atoms with Crippen LogP contribution < -0.4 is 10.6 Å². The maximum atomic E-state index is 5.94. The van der Waals surface area contributed by atoms with Crippen LogP contribution >= 0.6 is 24.0 Å². The Bertz CT molecular complexity index is 269. The summed E-state index contributed by atoms with van der Waals surface area (Å²) in [4.78, 5) is 4.22. The summed E-state index contributed by atoms with van der Waals surface area (Å²) in [7, 11) is 1.83. The van der Waals surface area contributed by atoms with E-state index in [-0.39, 0.29) is 24.0 Å². The van der Waals surface area contributed by atoms with E-state index >= 15 is 0 Å². The number of ether oxygens (including phenoxy) is 1. The van der Waals surface area contributed by atoms with Crippen molar-refractivity contribution in [3.05, 3.63) is 0 Å². The fourth-order valence-corrected chi connectivity index (χ4v) is 2.70. The van der Waals surface area contributed by atoms with Crippen molar-refractivity contribution in [1.29, 1.82) is 0 Å². The zero-order valence-electron chi connectivity index (χ0n) is 14.5. The second-order valence-electron chi connectivity index (χ2n) is 5.97. The van der Waals surface area contributed by atoms with Crippen LogP contribution in [0.2, 0.25) is 0 Å². The highest BCUT2D eigenvalue weighted by atomic mass is 127. The largest absolute Gasteiger partial charge is 0.378 e. The van der Waals surface area contributed by atoms with Crippen LogP contribution in [0.1, 0.15) is 71.1 Å². The summed E-state index contributed by atoms with van der Waals surface area (Å²) in [6.45, 7) is 5.14. The quantitative estimate of drug-likeness (QED) is 0.240. The predicted octanol–water partition coefficient (Wildman–Crippen LogP) is 4.09. The van der Waals surface area contributed by atoms with Crippen molar-refractivity contribution in [3.63, 3.8) is 0 Å². The Hall–Kier alpha value is -0.0400. The van der Waals surface area contributed by atoms with Gasteiger partial charge in [-0.2, -0.15) is 0 Å². The standard InChI is InChI=1S/C17H35N3O.HI/c1-3-4-13-19-17(18-2)20-14-9-6-10-15-21-16-11-7-5-8-12-16;/h16H,3-15H2,1-2H3,(H2,18,19,20);1H. The molecule has 0 unspecified atom stereocenters. The van der Waals surface area contributed by atoms with E-state index in [0.717, 1.165) is 25.7 Å². The van der Waals surface area contributed by atoms with E-state index in [1.54, 1.807) is 0 Å². The summed E-state index contributed by atoms with van der Waals surface area (Å²) >= 11 is 0. The molecule has 0 radical (unpaired) electrons. The first-order chi connectivity index (χ1) is 10.4. The van der Waals surface area contributed by atoms with Gasteiger partial charge in [-0.1, -0.05) is 32.6 Å². The average molecular weight is 425 g/mol. The highest BCUT2D eigenvalue weighted by Gasteiger charge is 2.12. The number of unbranched alkanes of at least 4 members (excludes halogenated alkanes) is 3. The Balaban J connectivity index is 0.00000441. The number of rotatable bonds is 10. The van der Waals surface area contributed by atoms with E-state index < -0.39 is 0 Å². The second kappa shape index (κ2) is 15.8. The Morgan fingerprint density at radius 2 is 1.68 bits per heavy atom. The van der Waals surface area contributed by atoms with Gasteiger partial charge in [-0.15, -0.1) is 24.0 Å². The van der Waals surface area contributed by atoms with Gasteiger partial charge in [0.2, 0.25) is 0 Å². The van der Waals surface area contributed by atoms with E-state index in [0.29, 0.717) is 6.10 Å². The molecule has 4 nitrogen and oxygen atoms in total. The van der Waals surface area contributed by atoms with E-state index in [9.17, 15) is 0 Å². The van der Waals surface area contributed by atoms with Gasteiger partial charge in [0.25, 0.3) is 0 Å². The fraction of sp³-hybridized carbons (Fsp3) is 0.941. The third-order valence-electron chi connectivity index (χ3n) is 4.07. The maximum Gasteiger partial charge on any atom is 0.190 e. The first kappa shape index (κ1) is 22.0. The second-order valence-corrected chi connectivity index (χ2v) is 5.97. The van der Waals surface area contributed by atoms with Gasteiger partial charge in [-0.25, -0.2) is 0 Å². The van der Waals surface area contributed by atoms with Crippen molar-refractivity contribution in [1.82, 2.24) is 10.6 Å². The van der Waals surface area contributed by atoms with Gasteiger partial charge in [0.05, 0.1) is 6.10 Å². The molecule has 0 aromatic heterocycles. The molecule has 1 aliphatic rings. The van der Waals surface area contributed by atoms with Crippen LogP contribution in [0.4, 0.5) is 0 Å². The number of nitrogens with zero attached hydrogens (tertiary/aromatic N) is 1. The molecule has 0 atom stereocenters. The molecule has 5 heteroatoms. The van der Waals surface area contributed by atoms with Crippen LogP contribution in [0.3, 0.4) is 0 Å². The van der Waals surface area contributed by atoms with Crippen molar-refractivity contribution in [3.8, 4) is 0 Å². The molecule has 0 aliphatic heterocycles. The summed E-state index contributed by atoms with van der Waals surface area (Å²) in [5.74, 6) is 0.932. The van der Waals surface area contributed by atoms with Crippen LogP contribution in [0, 0.1) is 0 Å². The van der Waals surface area contributed by atoms with Gasteiger partial charge in [0.15, 0.2) is 5.96 Å². The lowest BCUT2D eigenvalue weighted by Gasteiger charge is -2.21. The lowest BCUT2D eigenvalue weighted by Crippen LogP contribution is -2.38. The van der Waals surface area contributed by atoms with Gasteiger partial charge in [-0.05, 0) is 38.5 Å². The minimum atomic E-state index is 0. The number of guanidine groups is 1. The molecular weight excluding hydrogens is 389 g/mol. The molecule has 1 aliphatic carbocycles. The van der Waals surface area contributed by atoms with Gasteiger partial charge in [0.1, 0.15) is 0 Å². The monoisotopic (exact) mass is 425 g/mol. The summed E-state index contributed by atoms with van der Waals surface area (Å²) < 4.78 is 5.94. The van der Waals surface area contributed by atoms with E-state index in [1.807, 2.05) is 7.05 Å². The van der Waals surface area contributed by atoms with Crippen LogP contribution in [-0.2, 0) is 4.74 Å². The molecule has 0 aromatic carbocycles. The third kappa shape index (κ3) is 11.5. The summed E-state index contributed by atoms with van der Waals surface area (Å²) in [6.07, 6.45) is 13.2. The minimum Gasteiger partial charge on any atom is -0.378 e. The summed E-state index contributed by atoms with van der Waals surface area (Å²) in [5.41, 5.74) is 0. The number of hydrogen-bond donors (Lipinski definition) is 2. The minimum absolute atomic E-state index is 0. The predicted molar refractivity (Wildman–Crippen MR) is 106 cm³/mol. The van der Waals surface area contributed by atoms with Crippen LogP contribution in [0.25, 0.3) is 0 Å². The van der Waals surface area contributed by atoms with Crippen molar-refractivity contribution in [2.24, 2.45) is 4.99 Å². The van der Waals surface area contributed by atoms with Gasteiger partial charge < -0.3 is 15.4 Å². The van der Waals surface area contributed by atoms with E-state index in [2.05, 4.69) is 22.5 Å². The normalized spacial score (nSPS) is 16.2. The highest BCUT2D eigenvalue weighted by Crippen LogP contribution is 2.20. The molecule has 1 fully saturated rings. The zero-order chi connectivity index (χ0) is 15.2. The summed E-state index contributed by atoms with van der Waals surface area (Å²) in [6, 6.07) is 0. The number of halogens is 1. The molecule has 0 heterocycles. The molecule has 132 valence electrons. The van der Waals surface area contributed by atoms with Crippen LogP contribution in [0.5, 0.6) is 0 Å². The van der Waals surface area contributed by atoms with Crippen molar-refractivity contribution in [2.75, 3.05) is 26.7 Å². The molecule has 0 saturated heterocycles. The molecule has 0 spiro atoms. The van der Waals surface area contributed by atoms with Gasteiger partial charge in [-0.3, -0.25) is 4.99 Å². The molecule has 1 rings (SSSR count). The molecule has 2 N–H and O–H groups in total. The Morgan fingerprint density at radius 3 is 2.32 bits per heavy atom. The molecule has 22 heavy (non-hydrogen) atoms. The Morgan fingerprint density at radius 1 is 1.00 bits per heavy atom. The molecule has 0 bridgehead atoms. The van der Waals surface area contributed by atoms with Crippen LogP contribution in [0.15, 0.2) is 4.99 Å². The van der Waals surface area contributed by atoms with Crippen molar-refractivity contribution < 1.29 is 4.74 Å². The smallest absolute Gasteiger partial charge is 0.190 e. The number of nitrogens with one attached hydrogen (secondary N) is 2. The summed E-state index contributed by atoms with van der Waals surface area (Å²) in [5, 5.41) is 6.70. The Kier molecular flexibility index (Phi) is 15.8. The van der Waals surface area contributed by atoms with E-state index in [4.69, 9.17) is 4.74 Å². The van der Waals surface area contributed by atoms with Crippen molar-refractivity contribution >= 4 is 29.9 Å². The fourth-order valence-electron chi connectivity index (χ4n) is 2.70. The van der Waals surface area contributed by atoms with Crippen LogP contribution in [-0.4, -0.2) is 38.8 Å². The molecule has 1 saturated carbocycles. The lowest BCUT2D eigenvalue weighted by molar-refractivity contribution is 0.0264. The van der Waals surface area contributed by atoms with E-state index in [1.165, 1.54) is 64.2 Å². The maximum absolute atomic E-state index is 5.94. The average Bonchev–Trinajstić information content (AvgIpc) is 2.53. The zero-order valence-corrected chi connectivity index (χ0v) is 16.9. The SMILES string of the molecule is CCCCNC(=NC)NCCCCCOC1CCCCC1.I. The third-order valence-corrected chi connectivity index (χ3v) is 4.07. The van der Waals surface area contributed by atoms with Crippen molar-refractivity contribution in [2.45, 2.75) is 77.2 Å². The first-order valence-corrected chi connectivity index (χ1v) is 8.93. The molecule has 0 aromatic rings. The van der Waals surface area contributed by atoms with Gasteiger partial charge in [0, 0.05) is 26.7 Å². The van der Waals surface area contributed by atoms with Gasteiger partial charge >= 0.3 is 0 Å². The number of aliphatic imine (C=N–C) groups is 1. The topological polar surface area (TPSA) is 45.7 Å². The molecule has 0 amide bonds. The first-order valence-electron chi connectivity index (χ1n) is 8.93.